The van der Waals surface area contributed by atoms with Crippen molar-refractivity contribution >= 4 is 93.0 Å². The molecule has 0 bridgehead atoms. The minimum absolute atomic E-state index is 1.28. The lowest BCUT2D eigenvalue weighted by Crippen LogP contribution is -2.87. The van der Waals surface area contributed by atoms with E-state index in [0.29, 0.717) is 0 Å². The maximum atomic E-state index is 3.38. The predicted molar refractivity (Wildman–Crippen MR) is 365 cm³/mol. The summed E-state index contributed by atoms with van der Waals surface area (Å²) in [5.41, 5.74) is 6.23. The van der Waals surface area contributed by atoms with Crippen LogP contribution < -0.4 is 5.19 Å². The van der Waals surface area contributed by atoms with Crippen LogP contribution in [-0.4, -0.2) is 31.1 Å². The third kappa shape index (κ3) is 12.8. The molecule has 2 nitrogen and oxygen atoms in total. The van der Waals surface area contributed by atoms with Gasteiger partial charge in [0.25, 0.3) is 0 Å². The topological polar surface area (TPSA) is 9.86 Å². The van der Waals surface area contributed by atoms with Gasteiger partial charge < -0.3 is 8.47 Å². The predicted octanol–water partition coefficient (Wildman–Crippen LogP) is 23.6. The van der Waals surface area contributed by atoms with E-state index < -0.39 is 22.6 Å². The summed E-state index contributed by atoms with van der Waals surface area (Å²) >= 11 is 0. The average molecular weight is 1120 g/mol. The Labute approximate surface area is 488 Å². The fourth-order valence-electron chi connectivity index (χ4n) is 15.9. The Morgan fingerprint density at radius 2 is 0.525 bits per heavy atom. The Kier molecular flexibility index (Phi) is 22.5. The van der Waals surface area contributed by atoms with Crippen LogP contribution in [0.1, 0.15) is 208 Å². The largest absolute Gasteiger partial charge is 0.370 e. The Balaban J connectivity index is 1.51. The van der Waals surface area contributed by atoms with Gasteiger partial charge >= 0.3 is 0 Å². The lowest BCUT2D eigenvalue weighted by atomic mass is 10.0. The van der Waals surface area contributed by atoms with Gasteiger partial charge in [0.15, 0.2) is 15.5 Å². The quantitative estimate of drug-likeness (QED) is 0.0209. The molecule has 0 saturated carbocycles. The summed E-state index contributed by atoms with van der Waals surface area (Å²) in [6, 6.07) is 69.7. The number of aromatic nitrogens is 2. The lowest BCUT2D eigenvalue weighted by Gasteiger charge is -2.60. The Morgan fingerprint density at radius 3 is 0.875 bits per heavy atom. The molecule has 2 atom stereocenters. The number of para-hydroxylation sites is 4. The highest BCUT2D eigenvalue weighted by molar-refractivity contribution is 7.73. The molecule has 2 aromatic heterocycles. The van der Waals surface area contributed by atoms with Crippen molar-refractivity contribution in [3.63, 3.8) is 0 Å². The molecule has 426 valence electrons. The number of benzene rings is 7. The van der Waals surface area contributed by atoms with Crippen LogP contribution in [0.4, 0.5) is 0 Å². The Hall–Kier alpha value is -4.69. The van der Waals surface area contributed by atoms with E-state index in [1.807, 2.05) is 5.19 Å². The lowest BCUT2D eigenvalue weighted by molar-refractivity contribution is 0.618. The molecule has 0 aliphatic rings. The van der Waals surface area contributed by atoms with Crippen LogP contribution in [0.5, 0.6) is 0 Å². The average Bonchev–Trinajstić information content (AvgIpc) is 4.09. The number of hydrogen-bond acceptors (Lipinski definition) is 0. The molecular formula is C75H104N2Si3. The molecule has 0 spiro atoms. The van der Waals surface area contributed by atoms with Crippen molar-refractivity contribution in [2.45, 2.75) is 238 Å². The maximum absolute atomic E-state index is 3.38. The number of unbranched alkanes of at least 4 members (excludes halogenated alkanes) is 22. The van der Waals surface area contributed by atoms with Crippen molar-refractivity contribution in [1.29, 1.82) is 0 Å². The van der Waals surface area contributed by atoms with Gasteiger partial charge in [0.2, 0.25) is 0 Å². The van der Waals surface area contributed by atoms with Gasteiger partial charge in [-0.3, -0.25) is 0 Å². The zero-order chi connectivity index (χ0) is 55.5. The fourth-order valence-corrected chi connectivity index (χ4v) is 66.4. The van der Waals surface area contributed by atoms with Gasteiger partial charge in [0.1, 0.15) is 7.11 Å². The van der Waals surface area contributed by atoms with Gasteiger partial charge in [-0.05, 0) is 82.1 Å². The van der Waals surface area contributed by atoms with Crippen molar-refractivity contribution in [3.05, 3.63) is 152 Å². The van der Waals surface area contributed by atoms with Crippen LogP contribution in [-0.2, 0) is 0 Å². The smallest absolute Gasteiger partial charge is 0.156 e. The van der Waals surface area contributed by atoms with Crippen LogP contribution in [0.25, 0.3) is 65.2 Å². The molecule has 9 rings (SSSR count). The first-order chi connectivity index (χ1) is 39.5. The molecule has 0 saturated heterocycles. The molecule has 0 fully saturated rings. The van der Waals surface area contributed by atoms with Gasteiger partial charge in [0.05, 0.1) is 0 Å². The van der Waals surface area contributed by atoms with Gasteiger partial charge in [-0.2, -0.15) is 0 Å². The first-order valence-corrected chi connectivity index (χ1v) is 42.4. The van der Waals surface area contributed by atoms with E-state index >= 15 is 0 Å². The molecule has 5 heteroatoms. The highest BCUT2D eigenvalue weighted by Gasteiger charge is 2.69. The minimum Gasteiger partial charge on any atom is -0.370 e. The second kappa shape index (κ2) is 30.0. The Bertz CT molecular complexity index is 3050. The van der Waals surface area contributed by atoms with Crippen LogP contribution in [0, 0.1) is 0 Å². The summed E-state index contributed by atoms with van der Waals surface area (Å²) < 4.78 is 6.75. The second-order valence-electron chi connectivity index (χ2n) is 25.0. The minimum atomic E-state index is -2.94. The molecule has 0 amide bonds. The highest BCUT2D eigenvalue weighted by Crippen LogP contribution is 2.52. The van der Waals surface area contributed by atoms with Gasteiger partial charge in [-0.15, -0.1) is 0 Å². The van der Waals surface area contributed by atoms with E-state index in [2.05, 4.69) is 195 Å². The first kappa shape index (κ1) is 59.9. The summed E-state index contributed by atoms with van der Waals surface area (Å²) in [6.07, 6.45) is 36.2. The molecule has 80 heavy (non-hydrogen) atoms. The molecule has 2 heterocycles. The van der Waals surface area contributed by atoms with E-state index in [1.165, 1.54) is 247 Å². The second-order valence-corrected chi connectivity index (χ2v) is 47.1. The van der Waals surface area contributed by atoms with E-state index in [4.69, 9.17) is 0 Å². The zero-order valence-corrected chi connectivity index (χ0v) is 54.0. The van der Waals surface area contributed by atoms with Crippen LogP contribution in [0.15, 0.2) is 152 Å². The molecule has 0 N–H and O–H groups in total. The van der Waals surface area contributed by atoms with Crippen LogP contribution in [0.3, 0.4) is 0 Å². The van der Waals surface area contributed by atoms with Crippen LogP contribution in [0.2, 0.25) is 30.2 Å². The van der Waals surface area contributed by atoms with Gasteiger partial charge in [-0.1, -0.05) is 334 Å². The zero-order valence-electron chi connectivity index (χ0n) is 51.0. The summed E-state index contributed by atoms with van der Waals surface area (Å²) in [6.45, 7) is 12.1. The number of hydrogen-bond donors (Lipinski definition) is 0. The molecular weight excluding hydrogens is 1010 g/mol. The van der Waals surface area contributed by atoms with Crippen molar-refractivity contribution in [3.8, 4) is 0 Å². The maximum Gasteiger partial charge on any atom is 0.156 e. The SMILES string of the molecule is CCCCCCCC[Si](CCCCCCC)(n1c2ccccc2c2ccccc21)[Si](CCCCCCC)(c1ccc2cc3ccccc3cc2c1)[Si](CCCCCCC)(CCCCCCCC)n1c2ccccc2c2ccccc21. The summed E-state index contributed by atoms with van der Waals surface area (Å²) in [5, 5.41) is 13.5. The third-order valence-corrected chi connectivity index (χ3v) is 58.2. The van der Waals surface area contributed by atoms with E-state index in [1.54, 1.807) is 22.1 Å². The normalized spacial score (nSPS) is 14.5. The van der Waals surface area contributed by atoms with Crippen LogP contribution >= 0.6 is 0 Å². The molecule has 9 aromatic rings. The van der Waals surface area contributed by atoms with Gasteiger partial charge in [0, 0.05) is 43.6 Å². The van der Waals surface area contributed by atoms with Gasteiger partial charge in [-0.25, -0.2) is 0 Å². The van der Waals surface area contributed by atoms with E-state index in [-0.39, 0.29) is 0 Å². The molecule has 0 aliphatic heterocycles. The highest BCUT2D eigenvalue weighted by atomic mass is 29.6. The fraction of sp³-hybridized carbons (Fsp3) is 0.493. The molecule has 0 aliphatic carbocycles. The summed E-state index contributed by atoms with van der Waals surface area (Å²) in [4.78, 5) is 0. The number of fused-ring (bicyclic) bond motifs is 8. The summed E-state index contributed by atoms with van der Waals surface area (Å²) in [5.74, 6) is 0. The van der Waals surface area contributed by atoms with E-state index in [9.17, 15) is 0 Å². The monoisotopic (exact) mass is 1120 g/mol. The van der Waals surface area contributed by atoms with E-state index in [0.717, 1.165) is 0 Å². The standard InChI is InChI=1S/C75H104N2Si3/c1-6-11-16-21-26-40-57-78(55-38-23-18-13-8-3,76-72-49-34-30-45-68(72)69-46-31-35-50-73(69)76)80(59-42-25-20-15-10-5,67-54-53-65-60-63-43-28-29-44-64(63)61-66(65)62-67)79(56-39-24-19-14-9-4,58-41-27-22-17-12-7-2)77-74-51-36-32-47-70(74)71-48-33-37-52-75(71)77/h28-37,43-54,60-62H,6-27,38-42,55-59H2,1-5H3. The van der Waals surface area contributed by atoms with Crippen molar-refractivity contribution in [2.24, 2.45) is 0 Å². The molecule has 0 radical (unpaired) electrons. The molecule has 7 aromatic carbocycles. The number of nitrogens with zero attached hydrogens (tertiary/aromatic N) is 2. The summed E-state index contributed by atoms with van der Waals surface area (Å²) in [7, 11) is -8.60. The van der Waals surface area contributed by atoms with Crippen molar-refractivity contribution in [2.75, 3.05) is 0 Å². The first-order valence-electron chi connectivity index (χ1n) is 33.4. The molecule has 2 unspecified atom stereocenters. The number of rotatable bonds is 37. The Morgan fingerprint density at radius 1 is 0.250 bits per heavy atom. The van der Waals surface area contributed by atoms with Crippen molar-refractivity contribution in [1.82, 2.24) is 8.47 Å². The third-order valence-electron chi connectivity index (χ3n) is 19.7. The van der Waals surface area contributed by atoms with Crippen molar-refractivity contribution < 1.29 is 0 Å².